The first kappa shape index (κ1) is 12.5. The van der Waals surface area contributed by atoms with Crippen molar-refractivity contribution in [2.75, 3.05) is 0 Å². The molecule has 1 N–H and O–H groups in total. The summed E-state index contributed by atoms with van der Waals surface area (Å²) in [5.74, 6) is 0.0370. The van der Waals surface area contributed by atoms with Crippen LogP contribution in [-0.4, -0.2) is 33.4 Å². The molecule has 3 atom stereocenters. The van der Waals surface area contributed by atoms with Gasteiger partial charge in [-0.3, -0.25) is 0 Å². The number of aromatic carboxylic acids is 1. The summed E-state index contributed by atoms with van der Waals surface area (Å²) < 4.78 is 11.1. The van der Waals surface area contributed by atoms with Crippen LogP contribution in [0.4, 0.5) is 0 Å². The lowest BCUT2D eigenvalue weighted by Gasteiger charge is -2.13. The molecule has 21 heavy (non-hydrogen) atoms. The molecule has 6 heteroatoms. The molecule has 0 radical (unpaired) electrons. The molecular formula is C15H14N2O4. The molecule has 0 amide bonds. The summed E-state index contributed by atoms with van der Waals surface area (Å²) in [5.41, 5.74) is 0.615. The molecule has 2 aromatic rings. The number of aromatic nitrogens is 2. The molecule has 0 spiro atoms. The summed E-state index contributed by atoms with van der Waals surface area (Å²) in [6, 6.07) is 6.64. The van der Waals surface area contributed by atoms with Crippen LogP contribution in [0.1, 0.15) is 41.4 Å². The molecule has 0 aliphatic carbocycles. The van der Waals surface area contributed by atoms with Gasteiger partial charge in [-0.2, -0.15) is 4.98 Å². The monoisotopic (exact) mass is 286 g/mol. The van der Waals surface area contributed by atoms with E-state index in [0.717, 1.165) is 19.3 Å². The fourth-order valence-corrected chi connectivity index (χ4v) is 3.26. The van der Waals surface area contributed by atoms with Crippen LogP contribution >= 0.6 is 0 Å². The molecule has 1 aromatic heterocycles. The quantitative estimate of drug-likeness (QED) is 0.932. The summed E-state index contributed by atoms with van der Waals surface area (Å²) in [4.78, 5) is 15.7. The van der Waals surface area contributed by atoms with Gasteiger partial charge in [0.2, 0.25) is 0 Å². The van der Waals surface area contributed by atoms with Crippen LogP contribution in [-0.2, 0) is 4.74 Å². The Hall–Kier alpha value is -2.21. The molecule has 2 saturated heterocycles. The molecule has 2 aliphatic rings. The summed E-state index contributed by atoms with van der Waals surface area (Å²) >= 11 is 0. The van der Waals surface area contributed by atoms with Gasteiger partial charge in [-0.15, -0.1) is 0 Å². The average molecular weight is 286 g/mol. The minimum atomic E-state index is -1.01. The van der Waals surface area contributed by atoms with Crippen LogP contribution in [0.3, 0.4) is 0 Å². The van der Waals surface area contributed by atoms with E-state index in [9.17, 15) is 9.90 Å². The number of nitrogens with zero attached hydrogens (tertiary/aromatic N) is 2. The van der Waals surface area contributed by atoms with E-state index in [1.807, 2.05) is 0 Å². The topological polar surface area (TPSA) is 85.5 Å². The van der Waals surface area contributed by atoms with Gasteiger partial charge in [0.25, 0.3) is 5.89 Å². The molecule has 0 saturated carbocycles. The second-order valence-electron chi connectivity index (χ2n) is 5.52. The Kier molecular flexibility index (Phi) is 2.78. The van der Waals surface area contributed by atoms with Gasteiger partial charge >= 0.3 is 5.97 Å². The Balaban J connectivity index is 1.67. The van der Waals surface area contributed by atoms with E-state index in [1.165, 1.54) is 6.07 Å². The van der Waals surface area contributed by atoms with Crippen molar-refractivity contribution in [2.45, 2.75) is 37.4 Å². The van der Waals surface area contributed by atoms with E-state index in [1.54, 1.807) is 18.2 Å². The number of hydrogen-bond donors (Lipinski definition) is 1. The molecular weight excluding hydrogens is 272 g/mol. The lowest BCUT2D eigenvalue weighted by molar-refractivity contribution is 0.0697. The second kappa shape index (κ2) is 4.66. The lowest BCUT2D eigenvalue weighted by atomic mass is 9.89. The maximum atomic E-state index is 11.3. The number of rotatable bonds is 3. The summed E-state index contributed by atoms with van der Waals surface area (Å²) in [6.07, 6.45) is 3.55. The standard InChI is InChI=1S/C15H14N2O4/c18-15(19)10-4-2-1-3-9(10)14-16-13(17-21-14)11-7-8-5-6-12(11)20-8/h1-4,8,11-12H,5-7H2,(H,18,19). The van der Waals surface area contributed by atoms with E-state index in [2.05, 4.69) is 10.1 Å². The van der Waals surface area contributed by atoms with Crippen LogP contribution in [0, 0.1) is 0 Å². The van der Waals surface area contributed by atoms with Crippen molar-refractivity contribution in [2.24, 2.45) is 0 Å². The van der Waals surface area contributed by atoms with E-state index in [4.69, 9.17) is 9.26 Å². The molecule has 3 heterocycles. The molecule has 2 aliphatic heterocycles. The van der Waals surface area contributed by atoms with Crippen molar-refractivity contribution in [3.8, 4) is 11.5 Å². The predicted molar refractivity (Wildman–Crippen MR) is 71.9 cm³/mol. The number of carbonyl (C=O) groups is 1. The Morgan fingerprint density at radius 2 is 2.14 bits per heavy atom. The normalized spacial score (nSPS) is 27.1. The fraction of sp³-hybridized carbons (Fsp3) is 0.400. The molecule has 2 bridgehead atoms. The number of fused-ring (bicyclic) bond motifs is 2. The highest BCUT2D eigenvalue weighted by Gasteiger charge is 2.43. The van der Waals surface area contributed by atoms with Gasteiger partial charge in [-0.25, -0.2) is 4.79 Å². The summed E-state index contributed by atoms with van der Waals surface area (Å²) in [5, 5.41) is 13.3. The van der Waals surface area contributed by atoms with Gasteiger partial charge in [0, 0.05) is 0 Å². The number of benzene rings is 1. The molecule has 2 fully saturated rings. The molecule has 4 rings (SSSR count). The first-order valence-corrected chi connectivity index (χ1v) is 7.04. The van der Waals surface area contributed by atoms with Crippen LogP contribution in [0.2, 0.25) is 0 Å². The molecule has 1 aromatic carbocycles. The van der Waals surface area contributed by atoms with E-state index in [0.29, 0.717) is 17.5 Å². The zero-order chi connectivity index (χ0) is 14.4. The Morgan fingerprint density at radius 3 is 2.86 bits per heavy atom. The minimum absolute atomic E-state index is 0.164. The SMILES string of the molecule is O=C(O)c1ccccc1-c1nc(C2CC3CCC2O3)no1. The minimum Gasteiger partial charge on any atom is -0.478 e. The van der Waals surface area contributed by atoms with Gasteiger partial charge in [0.1, 0.15) is 0 Å². The van der Waals surface area contributed by atoms with Gasteiger partial charge in [-0.1, -0.05) is 17.3 Å². The van der Waals surface area contributed by atoms with Gasteiger partial charge in [0.15, 0.2) is 5.82 Å². The third kappa shape index (κ3) is 2.03. The third-order valence-electron chi connectivity index (χ3n) is 4.27. The molecule has 6 nitrogen and oxygen atoms in total. The van der Waals surface area contributed by atoms with Crippen LogP contribution in [0.5, 0.6) is 0 Å². The van der Waals surface area contributed by atoms with Crippen molar-refractivity contribution in [1.82, 2.24) is 10.1 Å². The van der Waals surface area contributed by atoms with Crippen LogP contribution in [0.15, 0.2) is 28.8 Å². The fourth-order valence-electron chi connectivity index (χ4n) is 3.26. The first-order chi connectivity index (χ1) is 10.2. The van der Waals surface area contributed by atoms with E-state index in [-0.39, 0.29) is 23.5 Å². The van der Waals surface area contributed by atoms with E-state index >= 15 is 0 Å². The van der Waals surface area contributed by atoms with Crippen molar-refractivity contribution in [1.29, 1.82) is 0 Å². The largest absolute Gasteiger partial charge is 0.478 e. The Labute approximate surface area is 120 Å². The Morgan fingerprint density at radius 1 is 1.29 bits per heavy atom. The first-order valence-electron chi connectivity index (χ1n) is 7.04. The maximum Gasteiger partial charge on any atom is 0.336 e. The van der Waals surface area contributed by atoms with Crippen LogP contribution in [0.25, 0.3) is 11.5 Å². The smallest absolute Gasteiger partial charge is 0.336 e. The van der Waals surface area contributed by atoms with Gasteiger partial charge < -0.3 is 14.4 Å². The second-order valence-corrected chi connectivity index (χ2v) is 5.52. The highest BCUT2D eigenvalue weighted by molar-refractivity contribution is 5.94. The lowest BCUT2D eigenvalue weighted by Crippen LogP contribution is -2.15. The van der Waals surface area contributed by atoms with Crippen molar-refractivity contribution >= 4 is 5.97 Å². The maximum absolute atomic E-state index is 11.3. The Bertz CT molecular complexity index is 696. The number of carboxylic acids is 1. The summed E-state index contributed by atoms with van der Waals surface area (Å²) in [6.45, 7) is 0. The van der Waals surface area contributed by atoms with Gasteiger partial charge in [-0.05, 0) is 31.4 Å². The molecule has 108 valence electrons. The van der Waals surface area contributed by atoms with Crippen molar-refractivity contribution in [3.63, 3.8) is 0 Å². The zero-order valence-corrected chi connectivity index (χ0v) is 11.2. The third-order valence-corrected chi connectivity index (χ3v) is 4.27. The zero-order valence-electron chi connectivity index (χ0n) is 11.2. The van der Waals surface area contributed by atoms with E-state index < -0.39 is 5.97 Å². The highest BCUT2D eigenvalue weighted by Crippen LogP contribution is 2.43. The summed E-state index contributed by atoms with van der Waals surface area (Å²) in [7, 11) is 0. The van der Waals surface area contributed by atoms with Crippen LogP contribution < -0.4 is 0 Å². The average Bonchev–Trinajstić information content (AvgIpc) is 3.23. The van der Waals surface area contributed by atoms with Crippen molar-refractivity contribution < 1.29 is 19.2 Å². The highest BCUT2D eigenvalue weighted by atomic mass is 16.5. The van der Waals surface area contributed by atoms with Crippen molar-refractivity contribution in [3.05, 3.63) is 35.7 Å². The number of hydrogen-bond acceptors (Lipinski definition) is 5. The predicted octanol–water partition coefficient (Wildman–Crippen LogP) is 2.47. The molecule has 3 unspecified atom stereocenters. The number of ether oxygens (including phenoxy) is 1. The van der Waals surface area contributed by atoms with Gasteiger partial charge in [0.05, 0.1) is 29.3 Å². The number of carboxylic acid groups (broad SMARTS) is 1.